The summed E-state index contributed by atoms with van der Waals surface area (Å²) in [4.78, 5) is 0. The number of aryl methyl sites for hydroxylation is 1. The zero-order chi connectivity index (χ0) is 19.5. The van der Waals surface area contributed by atoms with Crippen LogP contribution in [0, 0.1) is 12.7 Å². The topological polar surface area (TPSA) is 32.3 Å². The van der Waals surface area contributed by atoms with Crippen LogP contribution in [0.3, 0.4) is 0 Å². The van der Waals surface area contributed by atoms with Gasteiger partial charge in [-0.2, -0.15) is 0 Å². The maximum Gasteiger partial charge on any atom is 0.123 e. The highest BCUT2D eigenvalue weighted by molar-refractivity contribution is 7.48. The van der Waals surface area contributed by atoms with E-state index in [1.54, 1.807) is 6.07 Å². The van der Waals surface area contributed by atoms with Crippen molar-refractivity contribution < 1.29 is 9.50 Å². The Balaban J connectivity index is 2.39. The van der Waals surface area contributed by atoms with Crippen molar-refractivity contribution in [2.45, 2.75) is 65.2 Å². The van der Waals surface area contributed by atoms with Gasteiger partial charge in [-0.15, -0.1) is 0 Å². The normalized spacial score (nSPS) is 14.7. The van der Waals surface area contributed by atoms with Crippen LogP contribution in [0.15, 0.2) is 36.4 Å². The third-order valence-corrected chi connectivity index (χ3v) is 6.76. The van der Waals surface area contributed by atoms with Crippen molar-refractivity contribution in [3.63, 3.8) is 0 Å². The van der Waals surface area contributed by atoms with Gasteiger partial charge >= 0.3 is 0 Å². The SMILES string of the molecule is CCC(C)(Pc1ccc(F)cc1CNC(C)(C)C)c1cccc(C)c1O. The van der Waals surface area contributed by atoms with E-state index >= 15 is 0 Å². The van der Waals surface area contributed by atoms with Crippen LogP contribution in [0.1, 0.15) is 57.7 Å². The average Bonchev–Trinajstić information content (AvgIpc) is 2.56. The van der Waals surface area contributed by atoms with Crippen LogP contribution in [0.4, 0.5) is 4.39 Å². The van der Waals surface area contributed by atoms with E-state index in [9.17, 15) is 9.50 Å². The van der Waals surface area contributed by atoms with Gasteiger partial charge in [0.2, 0.25) is 0 Å². The number of aromatic hydroxyl groups is 1. The molecule has 0 radical (unpaired) electrons. The molecule has 2 unspecified atom stereocenters. The first-order valence-corrected chi connectivity index (χ1v) is 10.2. The number of hydrogen-bond acceptors (Lipinski definition) is 2. The zero-order valence-corrected chi connectivity index (χ0v) is 17.7. The fourth-order valence-electron chi connectivity index (χ4n) is 2.94. The van der Waals surface area contributed by atoms with Gasteiger partial charge in [-0.3, -0.25) is 0 Å². The van der Waals surface area contributed by atoms with Gasteiger partial charge in [-0.25, -0.2) is 4.39 Å². The summed E-state index contributed by atoms with van der Waals surface area (Å²) < 4.78 is 13.9. The molecule has 0 spiro atoms. The number of benzene rings is 2. The lowest BCUT2D eigenvalue weighted by atomic mass is 9.94. The van der Waals surface area contributed by atoms with E-state index in [2.05, 4.69) is 39.9 Å². The highest BCUT2D eigenvalue weighted by Gasteiger charge is 2.29. The highest BCUT2D eigenvalue weighted by atomic mass is 31.1. The zero-order valence-electron chi connectivity index (χ0n) is 16.7. The first-order valence-electron chi connectivity index (χ1n) is 9.16. The van der Waals surface area contributed by atoms with Crippen LogP contribution >= 0.6 is 8.58 Å². The third-order valence-electron chi connectivity index (χ3n) is 4.83. The largest absolute Gasteiger partial charge is 0.507 e. The van der Waals surface area contributed by atoms with Gasteiger partial charge in [0.15, 0.2) is 0 Å². The summed E-state index contributed by atoms with van der Waals surface area (Å²) >= 11 is 0. The second-order valence-corrected chi connectivity index (χ2v) is 10.1. The van der Waals surface area contributed by atoms with Crippen molar-refractivity contribution in [1.82, 2.24) is 5.32 Å². The molecule has 2 aromatic carbocycles. The summed E-state index contributed by atoms with van der Waals surface area (Å²) in [5.74, 6) is 0.168. The number of rotatable bonds is 6. The van der Waals surface area contributed by atoms with Gasteiger partial charge in [0.1, 0.15) is 11.6 Å². The second kappa shape index (κ2) is 8.06. The molecule has 2 nitrogen and oxygen atoms in total. The molecule has 0 bridgehead atoms. The fraction of sp³-hybridized carbons (Fsp3) is 0.455. The molecule has 0 aromatic heterocycles. The molecule has 4 heteroatoms. The van der Waals surface area contributed by atoms with Crippen molar-refractivity contribution in [1.29, 1.82) is 0 Å². The predicted molar refractivity (Wildman–Crippen MR) is 111 cm³/mol. The minimum absolute atomic E-state index is 0.0322. The Morgan fingerprint density at radius 1 is 1.12 bits per heavy atom. The van der Waals surface area contributed by atoms with Gasteiger partial charge in [0.25, 0.3) is 0 Å². The molecule has 2 aromatic rings. The molecule has 0 fully saturated rings. The second-order valence-electron chi connectivity index (χ2n) is 8.19. The van der Waals surface area contributed by atoms with Crippen LogP contribution in [0.25, 0.3) is 0 Å². The van der Waals surface area contributed by atoms with Crippen molar-refractivity contribution in [3.05, 3.63) is 58.9 Å². The lowest BCUT2D eigenvalue weighted by molar-refractivity contribution is 0.424. The number of halogens is 1. The molecule has 0 aliphatic heterocycles. The van der Waals surface area contributed by atoms with Gasteiger partial charge in [0.05, 0.1) is 0 Å². The van der Waals surface area contributed by atoms with Crippen molar-refractivity contribution in [2.75, 3.05) is 0 Å². The van der Waals surface area contributed by atoms with Gasteiger partial charge < -0.3 is 10.4 Å². The van der Waals surface area contributed by atoms with Crippen molar-refractivity contribution in [2.24, 2.45) is 0 Å². The van der Waals surface area contributed by atoms with Gasteiger partial charge in [-0.1, -0.05) is 46.7 Å². The van der Waals surface area contributed by atoms with E-state index in [1.807, 2.05) is 31.2 Å². The minimum Gasteiger partial charge on any atom is -0.507 e. The molecular weight excluding hydrogens is 344 g/mol. The van der Waals surface area contributed by atoms with E-state index in [4.69, 9.17) is 0 Å². The molecular formula is C22H31FNOP. The number of para-hydroxylation sites is 1. The van der Waals surface area contributed by atoms with Gasteiger partial charge in [-0.05, 0) is 62.7 Å². The first kappa shape index (κ1) is 20.9. The first-order chi connectivity index (χ1) is 12.1. The molecule has 26 heavy (non-hydrogen) atoms. The van der Waals surface area contributed by atoms with Crippen LogP contribution in [0.5, 0.6) is 5.75 Å². The lowest BCUT2D eigenvalue weighted by Gasteiger charge is -2.31. The maximum atomic E-state index is 13.9. The lowest BCUT2D eigenvalue weighted by Crippen LogP contribution is -2.36. The van der Waals surface area contributed by atoms with E-state index in [0.29, 0.717) is 20.9 Å². The van der Waals surface area contributed by atoms with Crippen LogP contribution in [-0.4, -0.2) is 10.6 Å². The van der Waals surface area contributed by atoms with E-state index < -0.39 is 0 Å². The predicted octanol–water partition coefficient (Wildman–Crippen LogP) is 5.36. The minimum atomic E-state index is -0.208. The average molecular weight is 375 g/mol. The molecule has 0 amide bonds. The summed E-state index contributed by atoms with van der Waals surface area (Å²) in [5.41, 5.74) is 2.82. The fourth-order valence-corrected chi connectivity index (χ4v) is 4.53. The van der Waals surface area contributed by atoms with Crippen LogP contribution in [0.2, 0.25) is 0 Å². The smallest absolute Gasteiger partial charge is 0.123 e. The molecule has 0 aliphatic rings. The summed E-state index contributed by atoms with van der Waals surface area (Å²) in [6, 6.07) is 11.0. The Labute approximate surface area is 159 Å². The summed E-state index contributed by atoms with van der Waals surface area (Å²) in [6.07, 6.45) is 0.895. The maximum absolute atomic E-state index is 13.9. The molecule has 0 saturated heterocycles. The molecule has 0 saturated carbocycles. The van der Waals surface area contributed by atoms with Crippen molar-refractivity contribution in [3.8, 4) is 5.75 Å². The summed E-state index contributed by atoms with van der Waals surface area (Å²) in [5, 5.41) is 15.0. The molecule has 2 atom stereocenters. The van der Waals surface area contributed by atoms with Crippen LogP contribution < -0.4 is 10.6 Å². The van der Waals surface area contributed by atoms with E-state index in [0.717, 1.165) is 28.4 Å². The number of phenolic OH excluding ortho intramolecular Hbond substituents is 1. The molecule has 142 valence electrons. The quantitative estimate of drug-likeness (QED) is 0.667. The Morgan fingerprint density at radius 2 is 1.81 bits per heavy atom. The highest BCUT2D eigenvalue weighted by Crippen LogP contribution is 2.48. The van der Waals surface area contributed by atoms with Crippen LogP contribution in [-0.2, 0) is 11.7 Å². The summed E-state index contributed by atoms with van der Waals surface area (Å²) in [7, 11) is 0.441. The van der Waals surface area contributed by atoms with E-state index in [-0.39, 0.29) is 16.5 Å². The Kier molecular flexibility index (Phi) is 6.47. The third kappa shape index (κ3) is 5.05. The summed E-state index contributed by atoms with van der Waals surface area (Å²) in [6.45, 7) is 13.2. The van der Waals surface area contributed by atoms with Crippen molar-refractivity contribution >= 4 is 13.9 Å². The number of hydrogen-bond donors (Lipinski definition) is 2. The monoisotopic (exact) mass is 375 g/mol. The Bertz CT molecular complexity index is 769. The molecule has 0 aliphatic carbocycles. The van der Waals surface area contributed by atoms with Gasteiger partial charge in [0, 0.05) is 22.8 Å². The molecule has 2 N–H and O–H groups in total. The molecule has 2 rings (SSSR count). The Morgan fingerprint density at radius 3 is 2.42 bits per heavy atom. The van der Waals surface area contributed by atoms with E-state index in [1.165, 1.54) is 6.07 Å². The number of phenols is 1. The molecule has 0 heterocycles. The Hall–Kier alpha value is -1.44. The standard InChI is InChI=1S/C22H31FNOP/c1-7-22(6,18-10-8-9-15(2)20(18)25)26-19-12-11-17(23)13-16(19)14-24-21(3,4)5/h8-13,24-26H,7,14H2,1-6H3. The number of nitrogens with one attached hydrogen (secondary N) is 1.